The number of amides is 1. The largest absolute Gasteiger partial charge is 0.460 e. The summed E-state index contributed by atoms with van der Waals surface area (Å²) in [5.74, 6) is -2.91. The highest BCUT2D eigenvalue weighted by atomic mass is 16.6. The third-order valence-corrected chi connectivity index (χ3v) is 3.46. The number of nitrogens with one attached hydrogen (secondary N) is 1. The van der Waals surface area contributed by atoms with E-state index in [4.69, 9.17) is 28.4 Å². The van der Waals surface area contributed by atoms with E-state index in [1.165, 1.54) is 13.8 Å². The van der Waals surface area contributed by atoms with Gasteiger partial charge in [-0.05, 0) is 13.8 Å². The van der Waals surface area contributed by atoms with Gasteiger partial charge in [0, 0.05) is 23.3 Å². The minimum Gasteiger partial charge on any atom is -0.460 e. The molecule has 1 amide bonds. The molecule has 0 aromatic rings. The molecule has 0 aromatic carbocycles. The first-order valence-corrected chi connectivity index (χ1v) is 9.79. The molecule has 0 bridgehead atoms. The van der Waals surface area contributed by atoms with Crippen LogP contribution in [0.3, 0.4) is 0 Å². The lowest BCUT2D eigenvalue weighted by Gasteiger charge is -2.20. The number of hydrogen-bond donors (Lipinski definition) is 1. The highest BCUT2D eigenvalue weighted by Crippen LogP contribution is 2.02. The van der Waals surface area contributed by atoms with Gasteiger partial charge < -0.3 is 28.4 Å². The molecule has 1 N–H and O–H groups in total. The number of carbonyl (C=O) groups excluding carboxylic acids is 5. The molecule has 0 aliphatic rings. The third kappa shape index (κ3) is 14.2. The Morgan fingerprint density at radius 2 is 1.15 bits per heavy atom. The molecule has 12 nitrogen and oxygen atoms in total. The molecule has 0 rings (SSSR count). The molecule has 0 heterocycles. The SMILES string of the molecule is C=CC(=O)OCC(COC(=O)C(=C)C)OCNC(=O)OC(COC(=O)C=C)COC(=O)C(=C)C. The lowest BCUT2D eigenvalue weighted by Crippen LogP contribution is -2.38. The molecule has 0 saturated carbocycles. The molecular formula is C22H29NO11. The van der Waals surface area contributed by atoms with Gasteiger partial charge in [-0.2, -0.15) is 0 Å². The quantitative estimate of drug-likeness (QED) is 0.145. The molecule has 2 unspecified atom stereocenters. The summed E-state index contributed by atoms with van der Waals surface area (Å²) in [6.45, 7) is 14.4. The molecule has 0 aliphatic carbocycles. The van der Waals surface area contributed by atoms with Crippen LogP contribution < -0.4 is 5.32 Å². The number of rotatable bonds is 16. The van der Waals surface area contributed by atoms with Gasteiger partial charge >= 0.3 is 30.0 Å². The fraction of sp³-hybridized carbons (Fsp3) is 0.409. The Morgan fingerprint density at radius 1 is 0.735 bits per heavy atom. The van der Waals surface area contributed by atoms with Gasteiger partial charge in [-0.15, -0.1) is 0 Å². The van der Waals surface area contributed by atoms with E-state index in [1.54, 1.807) is 0 Å². The van der Waals surface area contributed by atoms with Crippen molar-refractivity contribution in [1.29, 1.82) is 0 Å². The Labute approximate surface area is 197 Å². The van der Waals surface area contributed by atoms with Crippen molar-refractivity contribution in [3.8, 4) is 0 Å². The number of alkyl carbamates (subject to hydrolysis) is 1. The van der Waals surface area contributed by atoms with E-state index >= 15 is 0 Å². The van der Waals surface area contributed by atoms with Crippen molar-refractivity contribution < 1.29 is 52.4 Å². The summed E-state index contributed by atoms with van der Waals surface area (Å²) in [5.41, 5.74) is 0.273. The van der Waals surface area contributed by atoms with Gasteiger partial charge in [-0.25, -0.2) is 24.0 Å². The van der Waals surface area contributed by atoms with Crippen LogP contribution in [0.15, 0.2) is 49.6 Å². The van der Waals surface area contributed by atoms with E-state index in [9.17, 15) is 24.0 Å². The summed E-state index contributed by atoms with van der Waals surface area (Å²) >= 11 is 0. The van der Waals surface area contributed by atoms with Crippen molar-refractivity contribution in [3.63, 3.8) is 0 Å². The van der Waals surface area contributed by atoms with Crippen LogP contribution in [0.1, 0.15) is 13.8 Å². The maximum atomic E-state index is 12.1. The molecule has 0 aromatic heterocycles. The first kappa shape index (κ1) is 30.1. The average Bonchev–Trinajstić information content (AvgIpc) is 2.80. The van der Waals surface area contributed by atoms with E-state index in [0.29, 0.717) is 0 Å². The summed E-state index contributed by atoms with van der Waals surface area (Å²) in [6, 6.07) is 0. The minimum absolute atomic E-state index is 0.121. The van der Waals surface area contributed by atoms with Crippen LogP contribution in [-0.4, -0.2) is 75.3 Å². The molecule has 188 valence electrons. The van der Waals surface area contributed by atoms with Crippen molar-refractivity contribution in [2.75, 3.05) is 33.2 Å². The zero-order valence-electron chi connectivity index (χ0n) is 19.2. The number of esters is 4. The maximum Gasteiger partial charge on any atom is 0.409 e. The molecule has 0 fully saturated rings. The second kappa shape index (κ2) is 16.7. The van der Waals surface area contributed by atoms with Gasteiger partial charge in [-0.1, -0.05) is 26.3 Å². The van der Waals surface area contributed by atoms with E-state index in [-0.39, 0.29) is 24.4 Å². The number of hydrogen-bond acceptors (Lipinski definition) is 11. The number of carbonyl (C=O) groups is 5. The van der Waals surface area contributed by atoms with Gasteiger partial charge in [0.2, 0.25) is 0 Å². The molecule has 12 heteroatoms. The third-order valence-electron chi connectivity index (χ3n) is 3.46. The Hall–Kier alpha value is -3.93. The van der Waals surface area contributed by atoms with Gasteiger partial charge in [0.05, 0.1) is 0 Å². The highest BCUT2D eigenvalue weighted by molar-refractivity contribution is 5.87. The van der Waals surface area contributed by atoms with Crippen LogP contribution in [0.2, 0.25) is 0 Å². The fourth-order valence-electron chi connectivity index (χ4n) is 1.72. The van der Waals surface area contributed by atoms with Gasteiger partial charge in [0.1, 0.15) is 39.3 Å². The predicted octanol–water partition coefficient (Wildman–Crippen LogP) is 1.12. The van der Waals surface area contributed by atoms with Crippen LogP contribution in [-0.2, 0) is 47.6 Å². The number of ether oxygens (including phenoxy) is 6. The van der Waals surface area contributed by atoms with Gasteiger partial charge in [-0.3, -0.25) is 5.32 Å². The van der Waals surface area contributed by atoms with Crippen molar-refractivity contribution in [2.24, 2.45) is 0 Å². The zero-order chi connectivity index (χ0) is 26.1. The Kier molecular flexibility index (Phi) is 14.7. The summed E-state index contributed by atoms with van der Waals surface area (Å²) in [4.78, 5) is 57.7. The average molecular weight is 483 g/mol. The zero-order valence-corrected chi connectivity index (χ0v) is 19.2. The monoisotopic (exact) mass is 483 g/mol. The summed E-state index contributed by atoms with van der Waals surface area (Å²) in [6.07, 6.45) is -1.24. The van der Waals surface area contributed by atoms with Crippen LogP contribution >= 0.6 is 0 Å². The van der Waals surface area contributed by atoms with Crippen molar-refractivity contribution >= 4 is 30.0 Å². The van der Waals surface area contributed by atoms with Crippen molar-refractivity contribution in [2.45, 2.75) is 26.1 Å². The van der Waals surface area contributed by atoms with Crippen LogP contribution in [0.25, 0.3) is 0 Å². The normalized spacial score (nSPS) is 11.6. The lowest BCUT2D eigenvalue weighted by molar-refractivity contribution is -0.150. The maximum absolute atomic E-state index is 12.1. The molecule has 2 atom stereocenters. The summed E-state index contributed by atoms with van der Waals surface area (Å²) < 4.78 is 29.9. The Morgan fingerprint density at radius 3 is 1.59 bits per heavy atom. The lowest BCUT2D eigenvalue weighted by atomic mass is 10.3. The first-order valence-electron chi connectivity index (χ1n) is 9.79. The van der Waals surface area contributed by atoms with Gasteiger partial charge in [0.25, 0.3) is 0 Å². The topological polar surface area (TPSA) is 153 Å². The molecule has 0 spiro atoms. The van der Waals surface area contributed by atoms with E-state index < -0.39 is 62.1 Å². The Balaban J connectivity index is 4.81. The summed E-state index contributed by atoms with van der Waals surface area (Å²) in [7, 11) is 0. The molecule has 0 radical (unpaired) electrons. The first-order chi connectivity index (χ1) is 16.0. The van der Waals surface area contributed by atoms with E-state index in [1.807, 2.05) is 0 Å². The molecule has 0 aliphatic heterocycles. The Bertz CT molecular complexity index is 803. The van der Waals surface area contributed by atoms with Crippen LogP contribution in [0.5, 0.6) is 0 Å². The highest BCUT2D eigenvalue weighted by Gasteiger charge is 2.20. The van der Waals surface area contributed by atoms with E-state index in [0.717, 1.165) is 12.2 Å². The second-order valence-corrected chi connectivity index (χ2v) is 6.56. The van der Waals surface area contributed by atoms with E-state index in [2.05, 4.69) is 31.6 Å². The summed E-state index contributed by atoms with van der Waals surface area (Å²) in [5, 5.41) is 2.25. The molecule has 34 heavy (non-hydrogen) atoms. The molecular weight excluding hydrogens is 454 g/mol. The standard InChI is InChI=1S/C22H29NO11/c1-7-18(24)29-9-16(10-31-20(26)14(3)4)33-13-23-22(28)34-17(11-30-19(25)8-2)12-32-21(27)15(5)6/h7-8,16-17H,1-3,5,9-13H2,4,6H3,(H,23,28). The molecule has 0 saturated heterocycles. The van der Waals surface area contributed by atoms with Crippen LogP contribution in [0.4, 0.5) is 4.79 Å². The van der Waals surface area contributed by atoms with Crippen LogP contribution in [0, 0.1) is 0 Å². The second-order valence-electron chi connectivity index (χ2n) is 6.56. The van der Waals surface area contributed by atoms with Gasteiger partial charge in [0.15, 0.2) is 6.10 Å². The fourth-order valence-corrected chi connectivity index (χ4v) is 1.72. The van der Waals surface area contributed by atoms with Crippen molar-refractivity contribution in [1.82, 2.24) is 5.32 Å². The minimum atomic E-state index is -1.15. The predicted molar refractivity (Wildman–Crippen MR) is 117 cm³/mol. The smallest absolute Gasteiger partial charge is 0.409 e. The van der Waals surface area contributed by atoms with Crippen molar-refractivity contribution in [3.05, 3.63) is 49.6 Å².